The van der Waals surface area contributed by atoms with Gasteiger partial charge in [0, 0.05) is 55.0 Å². The monoisotopic (exact) mass is 805 g/mol. The van der Waals surface area contributed by atoms with Gasteiger partial charge in [0.1, 0.15) is 11.2 Å². The summed E-state index contributed by atoms with van der Waals surface area (Å²) in [7, 11) is 0. The first kappa shape index (κ1) is 35.2. The van der Waals surface area contributed by atoms with Gasteiger partial charge in [0.2, 0.25) is 0 Å². The molecule has 0 aliphatic heterocycles. The second-order valence-electron chi connectivity index (χ2n) is 16.0. The maximum atomic E-state index is 6.72. The lowest BCUT2D eigenvalue weighted by Gasteiger charge is -2.10. The van der Waals surface area contributed by atoms with Crippen LogP contribution >= 0.6 is 0 Å². The van der Waals surface area contributed by atoms with Crippen LogP contribution in [0.1, 0.15) is 0 Å². The van der Waals surface area contributed by atoms with Gasteiger partial charge in [0.05, 0.1) is 27.5 Å². The number of aromatic nitrogens is 5. The van der Waals surface area contributed by atoms with Gasteiger partial charge in [0.15, 0.2) is 17.5 Å². The van der Waals surface area contributed by atoms with E-state index in [1.807, 2.05) is 66.7 Å². The van der Waals surface area contributed by atoms with Gasteiger partial charge in [-0.1, -0.05) is 152 Å². The molecule has 13 rings (SSSR count). The van der Waals surface area contributed by atoms with E-state index in [4.69, 9.17) is 19.4 Å². The van der Waals surface area contributed by atoms with Crippen molar-refractivity contribution in [3.63, 3.8) is 0 Å². The summed E-state index contributed by atoms with van der Waals surface area (Å²) < 4.78 is 11.6. The van der Waals surface area contributed by atoms with Crippen molar-refractivity contribution in [1.29, 1.82) is 0 Å². The smallest absolute Gasteiger partial charge is 0.164 e. The van der Waals surface area contributed by atoms with Crippen LogP contribution in [-0.2, 0) is 0 Å². The molecule has 0 saturated heterocycles. The van der Waals surface area contributed by atoms with Crippen molar-refractivity contribution in [2.75, 3.05) is 0 Å². The Morgan fingerprint density at radius 1 is 0.317 bits per heavy atom. The largest absolute Gasteiger partial charge is 0.455 e. The number of para-hydroxylation sites is 3. The normalized spacial score (nSPS) is 11.8. The molecule has 0 saturated carbocycles. The molecule has 0 amide bonds. The predicted octanol–water partition coefficient (Wildman–Crippen LogP) is 14.6. The Kier molecular flexibility index (Phi) is 7.80. The first-order valence-corrected chi connectivity index (χ1v) is 21.2. The fourth-order valence-electron chi connectivity index (χ4n) is 9.50. The molecule has 6 nitrogen and oxygen atoms in total. The highest BCUT2D eigenvalue weighted by Gasteiger charge is 2.24. The molecule has 13 aromatic rings. The molecule has 294 valence electrons. The van der Waals surface area contributed by atoms with Gasteiger partial charge in [-0.25, -0.2) is 15.0 Å². The zero-order valence-corrected chi connectivity index (χ0v) is 33.9. The Bertz CT molecular complexity index is 3810. The van der Waals surface area contributed by atoms with Crippen LogP contribution < -0.4 is 0 Å². The number of hydrogen-bond acceptors (Lipinski definition) is 4. The molecule has 4 aromatic heterocycles. The summed E-state index contributed by atoms with van der Waals surface area (Å²) in [4.78, 5) is 14.8. The van der Waals surface area contributed by atoms with Crippen molar-refractivity contribution >= 4 is 65.6 Å². The van der Waals surface area contributed by atoms with Gasteiger partial charge in [-0.15, -0.1) is 0 Å². The highest BCUT2D eigenvalue weighted by Crippen LogP contribution is 2.46. The molecule has 0 radical (unpaired) electrons. The second-order valence-corrected chi connectivity index (χ2v) is 16.0. The molecule has 0 atom stereocenters. The van der Waals surface area contributed by atoms with Gasteiger partial charge >= 0.3 is 0 Å². The van der Waals surface area contributed by atoms with Gasteiger partial charge < -0.3 is 13.6 Å². The third kappa shape index (κ3) is 5.55. The standard InChI is InChI=1S/C57H35N5O/c1-5-15-37(16-6-1)55-58-56(38-17-7-2-8-18-38)60-57(59-55)39-27-25-36(26-28-39)40-29-30-45-49(35-40)61(41-19-9-3-10-20-41)47-34-32-46-52-48(62(53(46)51(45)47)42-21-11-4-12-22-42)33-31-44-43-23-13-14-24-50(43)63-54(44)52/h1-35H. The minimum absolute atomic E-state index is 0.631. The Labute approximate surface area is 361 Å². The van der Waals surface area contributed by atoms with Crippen molar-refractivity contribution < 1.29 is 4.42 Å². The molecule has 0 bridgehead atoms. The summed E-state index contributed by atoms with van der Waals surface area (Å²) in [5, 5.41) is 6.88. The minimum atomic E-state index is 0.631. The molecule has 4 heterocycles. The van der Waals surface area contributed by atoms with E-state index in [-0.39, 0.29) is 0 Å². The van der Waals surface area contributed by atoms with Crippen LogP contribution in [0.5, 0.6) is 0 Å². The molecule has 6 heteroatoms. The molecule has 0 fully saturated rings. The quantitative estimate of drug-likeness (QED) is 0.168. The van der Waals surface area contributed by atoms with E-state index in [1.165, 1.54) is 10.8 Å². The molecule has 9 aromatic carbocycles. The first-order chi connectivity index (χ1) is 31.2. The lowest BCUT2D eigenvalue weighted by atomic mass is 10.0. The third-order valence-electron chi connectivity index (χ3n) is 12.4. The Hall–Kier alpha value is -8.61. The number of benzene rings is 9. The first-order valence-electron chi connectivity index (χ1n) is 21.2. The average molecular weight is 806 g/mol. The summed E-state index contributed by atoms with van der Waals surface area (Å²) >= 11 is 0. The molecule has 0 spiro atoms. The number of nitrogens with zero attached hydrogens (tertiary/aromatic N) is 5. The van der Waals surface area contributed by atoms with Crippen LogP contribution in [-0.4, -0.2) is 24.1 Å². The fourth-order valence-corrected chi connectivity index (χ4v) is 9.50. The lowest BCUT2D eigenvalue weighted by molar-refractivity contribution is 0.673. The van der Waals surface area contributed by atoms with E-state index in [2.05, 4.69) is 155 Å². The zero-order valence-electron chi connectivity index (χ0n) is 33.9. The van der Waals surface area contributed by atoms with Crippen molar-refractivity contribution in [3.05, 3.63) is 212 Å². The van der Waals surface area contributed by atoms with E-state index >= 15 is 0 Å². The Balaban J connectivity index is 1.02. The van der Waals surface area contributed by atoms with Crippen LogP contribution in [0, 0.1) is 0 Å². The van der Waals surface area contributed by atoms with Crippen molar-refractivity contribution in [1.82, 2.24) is 24.1 Å². The molecule has 0 aliphatic rings. The van der Waals surface area contributed by atoms with E-state index in [0.29, 0.717) is 17.5 Å². The van der Waals surface area contributed by atoms with Crippen LogP contribution in [0.3, 0.4) is 0 Å². The number of hydrogen-bond donors (Lipinski definition) is 0. The maximum Gasteiger partial charge on any atom is 0.164 e. The summed E-state index contributed by atoms with van der Waals surface area (Å²) in [6.07, 6.45) is 0. The van der Waals surface area contributed by atoms with Crippen molar-refractivity contribution in [2.24, 2.45) is 0 Å². The molecule has 63 heavy (non-hydrogen) atoms. The maximum absolute atomic E-state index is 6.72. The number of fused-ring (bicyclic) bond motifs is 11. The summed E-state index contributed by atoms with van der Waals surface area (Å²) in [5.41, 5.74) is 13.6. The van der Waals surface area contributed by atoms with Crippen LogP contribution in [0.2, 0.25) is 0 Å². The van der Waals surface area contributed by atoms with Crippen molar-refractivity contribution in [3.8, 4) is 56.7 Å². The van der Waals surface area contributed by atoms with Crippen LogP contribution in [0.25, 0.3) is 122 Å². The third-order valence-corrected chi connectivity index (χ3v) is 12.4. The minimum Gasteiger partial charge on any atom is -0.455 e. The highest BCUT2D eigenvalue weighted by atomic mass is 16.3. The molecule has 0 N–H and O–H groups in total. The molecular weight excluding hydrogens is 771 g/mol. The van der Waals surface area contributed by atoms with Crippen LogP contribution in [0.15, 0.2) is 217 Å². The SMILES string of the molecule is c1ccc(-c2nc(-c3ccccc3)nc(-c3ccc(-c4ccc5c6c(ccc7c8c9oc%10ccccc%10c9ccc8n(-c8ccccc8)c76)n(-c6ccccc6)c5c4)cc3)n2)cc1. The summed E-state index contributed by atoms with van der Waals surface area (Å²) in [5.74, 6) is 1.92. The van der Waals surface area contributed by atoms with E-state index in [9.17, 15) is 0 Å². The van der Waals surface area contributed by atoms with E-state index in [0.717, 1.165) is 94.0 Å². The fraction of sp³-hybridized carbons (Fsp3) is 0. The highest BCUT2D eigenvalue weighted by molar-refractivity contribution is 6.31. The average Bonchev–Trinajstić information content (AvgIpc) is 4.02. The van der Waals surface area contributed by atoms with E-state index in [1.54, 1.807) is 0 Å². The molecule has 0 aliphatic carbocycles. The van der Waals surface area contributed by atoms with Gasteiger partial charge in [0.25, 0.3) is 0 Å². The summed E-state index contributed by atoms with van der Waals surface area (Å²) in [6, 6.07) is 74.4. The second kappa shape index (κ2) is 14.0. The van der Waals surface area contributed by atoms with Crippen LogP contribution in [0.4, 0.5) is 0 Å². The van der Waals surface area contributed by atoms with Crippen molar-refractivity contribution in [2.45, 2.75) is 0 Å². The topological polar surface area (TPSA) is 61.7 Å². The van der Waals surface area contributed by atoms with Gasteiger partial charge in [-0.05, 0) is 71.8 Å². The Morgan fingerprint density at radius 3 is 1.43 bits per heavy atom. The predicted molar refractivity (Wildman–Crippen MR) is 258 cm³/mol. The van der Waals surface area contributed by atoms with E-state index < -0.39 is 0 Å². The number of furan rings is 1. The Morgan fingerprint density at radius 2 is 0.794 bits per heavy atom. The summed E-state index contributed by atoms with van der Waals surface area (Å²) in [6.45, 7) is 0. The molecular formula is C57H35N5O. The van der Waals surface area contributed by atoms with Gasteiger partial charge in [-0.2, -0.15) is 0 Å². The zero-order chi connectivity index (χ0) is 41.4. The lowest BCUT2D eigenvalue weighted by Crippen LogP contribution is -2.00. The number of rotatable bonds is 6. The van der Waals surface area contributed by atoms with Gasteiger partial charge in [-0.3, -0.25) is 0 Å². The molecule has 0 unspecified atom stereocenters.